The fourth-order valence-electron chi connectivity index (χ4n) is 3.50. The Hall–Kier alpha value is -3.12. The molecule has 0 saturated carbocycles. The molecule has 2 amide bonds. The SMILES string of the molecule is C=CCOc1ccc(C(=O)Nc2ccccc2CN2CCCC(C(N)=O)C2)cc1. The summed E-state index contributed by atoms with van der Waals surface area (Å²) in [6.07, 6.45) is 3.46. The summed E-state index contributed by atoms with van der Waals surface area (Å²) < 4.78 is 5.45. The first kappa shape index (κ1) is 20.6. The number of benzene rings is 2. The lowest BCUT2D eigenvalue weighted by atomic mass is 9.97. The van der Waals surface area contributed by atoms with E-state index in [1.165, 1.54) is 0 Å². The van der Waals surface area contributed by atoms with Gasteiger partial charge in [0.25, 0.3) is 5.91 Å². The molecule has 29 heavy (non-hydrogen) atoms. The average Bonchev–Trinajstić information content (AvgIpc) is 2.74. The van der Waals surface area contributed by atoms with E-state index in [-0.39, 0.29) is 17.7 Å². The van der Waals surface area contributed by atoms with Crippen LogP contribution in [0.15, 0.2) is 61.2 Å². The third-order valence-electron chi connectivity index (χ3n) is 5.05. The van der Waals surface area contributed by atoms with Crippen molar-refractivity contribution < 1.29 is 14.3 Å². The summed E-state index contributed by atoms with van der Waals surface area (Å²) in [5.41, 5.74) is 7.82. The Morgan fingerprint density at radius 2 is 1.97 bits per heavy atom. The van der Waals surface area contributed by atoms with Gasteiger partial charge in [0.05, 0.1) is 5.92 Å². The van der Waals surface area contributed by atoms with Gasteiger partial charge in [-0.1, -0.05) is 30.9 Å². The van der Waals surface area contributed by atoms with Crippen LogP contribution in [-0.4, -0.2) is 36.4 Å². The standard InChI is InChI=1S/C23H27N3O3/c1-2-14-29-20-11-9-17(10-12-20)23(28)25-21-8-4-3-6-18(21)15-26-13-5-7-19(16-26)22(24)27/h2-4,6,8-12,19H,1,5,7,13-16H2,(H2,24,27)(H,25,28). The first-order valence-electron chi connectivity index (χ1n) is 9.81. The van der Waals surface area contributed by atoms with Gasteiger partial charge in [0.1, 0.15) is 12.4 Å². The summed E-state index contributed by atoms with van der Waals surface area (Å²) in [5, 5.41) is 3.00. The van der Waals surface area contributed by atoms with Gasteiger partial charge in [-0.05, 0) is 55.3 Å². The van der Waals surface area contributed by atoms with Crippen molar-refractivity contribution in [3.05, 3.63) is 72.3 Å². The number of nitrogens with zero attached hydrogens (tertiary/aromatic N) is 1. The fourth-order valence-corrected chi connectivity index (χ4v) is 3.50. The van der Waals surface area contributed by atoms with Crippen LogP contribution in [0.5, 0.6) is 5.75 Å². The minimum Gasteiger partial charge on any atom is -0.490 e. The summed E-state index contributed by atoms with van der Waals surface area (Å²) in [6, 6.07) is 14.7. The Labute approximate surface area is 171 Å². The molecule has 0 aliphatic carbocycles. The van der Waals surface area contributed by atoms with Crippen LogP contribution in [-0.2, 0) is 11.3 Å². The zero-order valence-electron chi connectivity index (χ0n) is 16.5. The number of ether oxygens (including phenoxy) is 1. The van der Waals surface area contributed by atoms with E-state index in [9.17, 15) is 9.59 Å². The van der Waals surface area contributed by atoms with Crippen LogP contribution in [0.3, 0.4) is 0 Å². The second-order valence-electron chi connectivity index (χ2n) is 7.21. The van der Waals surface area contributed by atoms with Gasteiger partial charge in [-0.3, -0.25) is 14.5 Å². The molecule has 0 radical (unpaired) electrons. The molecule has 1 heterocycles. The summed E-state index contributed by atoms with van der Waals surface area (Å²) >= 11 is 0. The smallest absolute Gasteiger partial charge is 0.255 e. The van der Waals surface area contributed by atoms with Gasteiger partial charge in [-0.2, -0.15) is 0 Å². The molecule has 1 aliphatic heterocycles. The van der Waals surface area contributed by atoms with E-state index in [1.54, 1.807) is 30.3 Å². The first-order chi connectivity index (χ1) is 14.1. The lowest BCUT2D eigenvalue weighted by Gasteiger charge is -2.31. The van der Waals surface area contributed by atoms with Gasteiger partial charge < -0.3 is 15.8 Å². The van der Waals surface area contributed by atoms with Crippen LogP contribution in [0.2, 0.25) is 0 Å². The Morgan fingerprint density at radius 3 is 2.69 bits per heavy atom. The van der Waals surface area contributed by atoms with Crippen LogP contribution in [0.4, 0.5) is 5.69 Å². The molecule has 1 atom stereocenters. The number of piperidine rings is 1. The zero-order valence-corrected chi connectivity index (χ0v) is 16.5. The summed E-state index contributed by atoms with van der Waals surface area (Å²) in [4.78, 5) is 26.4. The number of anilines is 1. The van der Waals surface area contributed by atoms with Crippen LogP contribution in [0, 0.1) is 5.92 Å². The largest absolute Gasteiger partial charge is 0.490 e. The molecule has 0 aromatic heterocycles. The highest BCUT2D eigenvalue weighted by Crippen LogP contribution is 2.23. The second-order valence-corrected chi connectivity index (χ2v) is 7.21. The lowest BCUT2D eigenvalue weighted by Crippen LogP contribution is -2.40. The van der Waals surface area contributed by atoms with E-state index in [0.29, 0.717) is 31.0 Å². The zero-order chi connectivity index (χ0) is 20.6. The maximum Gasteiger partial charge on any atom is 0.255 e. The summed E-state index contributed by atoms with van der Waals surface area (Å²) in [7, 11) is 0. The molecular formula is C23H27N3O3. The number of para-hydroxylation sites is 1. The van der Waals surface area contributed by atoms with Crippen molar-refractivity contribution in [1.82, 2.24) is 4.90 Å². The molecule has 0 bridgehead atoms. The molecule has 1 unspecified atom stereocenters. The van der Waals surface area contributed by atoms with Gasteiger partial charge >= 0.3 is 0 Å². The van der Waals surface area contributed by atoms with E-state index in [1.807, 2.05) is 24.3 Å². The molecule has 0 spiro atoms. The lowest BCUT2D eigenvalue weighted by molar-refractivity contribution is -0.123. The monoisotopic (exact) mass is 393 g/mol. The van der Waals surface area contributed by atoms with E-state index in [4.69, 9.17) is 10.5 Å². The number of carbonyl (C=O) groups is 2. The Balaban J connectivity index is 1.66. The first-order valence-corrected chi connectivity index (χ1v) is 9.81. The molecular weight excluding hydrogens is 366 g/mol. The highest BCUT2D eigenvalue weighted by Gasteiger charge is 2.24. The van der Waals surface area contributed by atoms with Crippen molar-refractivity contribution in [2.45, 2.75) is 19.4 Å². The van der Waals surface area contributed by atoms with Crippen LogP contribution < -0.4 is 15.8 Å². The van der Waals surface area contributed by atoms with Crippen LogP contribution >= 0.6 is 0 Å². The number of nitrogens with two attached hydrogens (primary N) is 1. The number of carbonyl (C=O) groups excluding carboxylic acids is 2. The predicted molar refractivity (Wildman–Crippen MR) is 114 cm³/mol. The summed E-state index contributed by atoms with van der Waals surface area (Å²) in [5.74, 6) is 0.168. The maximum atomic E-state index is 12.7. The topological polar surface area (TPSA) is 84.7 Å². The van der Waals surface area contributed by atoms with E-state index in [0.717, 1.165) is 30.6 Å². The van der Waals surface area contributed by atoms with Crippen molar-refractivity contribution in [3.8, 4) is 5.75 Å². The molecule has 6 heteroatoms. The third kappa shape index (κ3) is 5.68. The van der Waals surface area contributed by atoms with Gasteiger partial charge in [0.2, 0.25) is 5.91 Å². The molecule has 3 rings (SSSR count). The highest BCUT2D eigenvalue weighted by molar-refractivity contribution is 6.04. The van der Waals surface area contributed by atoms with Crippen molar-refractivity contribution in [3.63, 3.8) is 0 Å². The van der Waals surface area contributed by atoms with E-state index < -0.39 is 0 Å². The predicted octanol–water partition coefficient (Wildman–Crippen LogP) is 3.20. The molecule has 2 aromatic rings. The molecule has 1 aliphatic rings. The number of nitrogens with one attached hydrogen (secondary N) is 1. The number of hydrogen-bond acceptors (Lipinski definition) is 4. The number of hydrogen-bond donors (Lipinski definition) is 2. The van der Waals surface area contributed by atoms with Gasteiger partial charge in [0.15, 0.2) is 0 Å². The molecule has 2 aromatic carbocycles. The van der Waals surface area contributed by atoms with Gasteiger partial charge in [-0.15, -0.1) is 0 Å². The quantitative estimate of drug-likeness (QED) is 0.675. The Morgan fingerprint density at radius 1 is 1.21 bits per heavy atom. The third-order valence-corrected chi connectivity index (χ3v) is 5.05. The molecule has 3 N–H and O–H groups in total. The van der Waals surface area contributed by atoms with Crippen LogP contribution in [0.25, 0.3) is 0 Å². The van der Waals surface area contributed by atoms with Crippen LogP contribution in [0.1, 0.15) is 28.8 Å². The Bertz CT molecular complexity index is 864. The minimum atomic E-state index is -0.239. The fraction of sp³-hybridized carbons (Fsp3) is 0.304. The number of rotatable bonds is 8. The average molecular weight is 393 g/mol. The Kier molecular flexibility index (Phi) is 7.03. The van der Waals surface area contributed by atoms with Crippen molar-refractivity contribution in [1.29, 1.82) is 0 Å². The second kappa shape index (κ2) is 9.89. The van der Waals surface area contributed by atoms with E-state index in [2.05, 4.69) is 16.8 Å². The van der Waals surface area contributed by atoms with Crippen molar-refractivity contribution in [2.24, 2.45) is 11.7 Å². The van der Waals surface area contributed by atoms with Gasteiger partial charge in [0, 0.05) is 24.3 Å². The molecule has 152 valence electrons. The summed E-state index contributed by atoms with van der Waals surface area (Å²) in [6.45, 7) is 6.27. The molecule has 1 fully saturated rings. The highest BCUT2D eigenvalue weighted by atomic mass is 16.5. The van der Waals surface area contributed by atoms with Crippen molar-refractivity contribution in [2.75, 3.05) is 25.0 Å². The number of likely N-dealkylation sites (tertiary alicyclic amines) is 1. The maximum absolute atomic E-state index is 12.7. The normalized spacial score (nSPS) is 16.8. The minimum absolute atomic E-state index is 0.104. The molecule has 1 saturated heterocycles. The number of primary amides is 1. The van der Waals surface area contributed by atoms with Gasteiger partial charge in [-0.25, -0.2) is 0 Å². The van der Waals surface area contributed by atoms with E-state index >= 15 is 0 Å². The number of amides is 2. The van der Waals surface area contributed by atoms with Crippen molar-refractivity contribution >= 4 is 17.5 Å². The molecule has 6 nitrogen and oxygen atoms in total.